The number of hydrogen-bond donors (Lipinski definition) is 1. The minimum atomic E-state index is -1.10. The topological polar surface area (TPSA) is 72.2 Å². The molecule has 1 aromatic heterocycles. The highest BCUT2D eigenvalue weighted by atomic mass is 19.1. The van der Waals surface area contributed by atoms with E-state index in [1.807, 2.05) is 0 Å². The summed E-state index contributed by atoms with van der Waals surface area (Å²) in [7, 11) is 0. The molecule has 0 amide bonds. The van der Waals surface area contributed by atoms with Crippen molar-refractivity contribution >= 4 is 12.0 Å². The number of aromatic nitrogens is 2. The Bertz CT molecular complexity index is 722. The fourth-order valence-corrected chi connectivity index (χ4v) is 1.65. The lowest BCUT2D eigenvalue weighted by Crippen LogP contribution is -2.22. The molecule has 20 heavy (non-hydrogen) atoms. The first-order chi connectivity index (χ1) is 9.56. The maximum Gasteiger partial charge on any atom is 0.347 e. The predicted octanol–water partition coefficient (Wildman–Crippen LogP) is 1.53. The zero-order valence-corrected chi connectivity index (χ0v) is 10.4. The first kappa shape index (κ1) is 13.7. The van der Waals surface area contributed by atoms with E-state index in [1.54, 1.807) is 12.1 Å². The summed E-state index contributed by atoms with van der Waals surface area (Å²) in [4.78, 5) is 25.4. The van der Waals surface area contributed by atoms with E-state index in [1.165, 1.54) is 35.2 Å². The van der Waals surface area contributed by atoms with E-state index in [4.69, 9.17) is 5.11 Å². The van der Waals surface area contributed by atoms with Gasteiger partial charge in [-0.15, -0.1) is 0 Å². The molecule has 0 radical (unpaired) electrons. The van der Waals surface area contributed by atoms with Crippen LogP contribution in [0.2, 0.25) is 0 Å². The molecule has 102 valence electrons. The molecule has 5 nitrogen and oxygen atoms in total. The Morgan fingerprint density at radius 2 is 2.25 bits per heavy atom. The minimum Gasteiger partial charge on any atom is -0.478 e. The third kappa shape index (κ3) is 3.38. The van der Waals surface area contributed by atoms with Crippen LogP contribution in [0.4, 0.5) is 4.39 Å². The first-order valence-electron chi connectivity index (χ1n) is 5.77. The Kier molecular flexibility index (Phi) is 4.05. The molecular formula is C14H11FN2O3. The molecule has 0 aliphatic heterocycles. The molecular weight excluding hydrogens is 263 g/mol. The molecule has 0 spiro atoms. The molecule has 1 heterocycles. The van der Waals surface area contributed by atoms with Crippen LogP contribution in [0.25, 0.3) is 6.08 Å². The third-order valence-corrected chi connectivity index (χ3v) is 2.62. The SMILES string of the molecule is O=C(O)C=Cc1ccc(Cn2cccnc2=O)c(F)c1. The van der Waals surface area contributed by atoms with E-state index in [2.05, 4.69) is 4.98 Å². The number of hydrogen-bond acceptors (Lipinski definition) is 3. The van der Waals surface area contributed by atoms with Gasteiger partial charge in [0.2, 0.25) is 0 Å². The van der Waals surface area contributed by atoms with E-state index in [-0.39, 0.29) is 6.54 Å². The lowest BCUT2D eigenvalue weighted by Gasteiger charge is -2.06. The van der Waals surface area contributed by atoms with E-state index in [0.29, 0.717) is 11.1 Å². The van der Waals surface area contributed by atoms with Gasteiger partial charge in [0.25, 0.3) is 0 Å². The summed E-state index contributed by atoms with van der Waals surface area (Å²) in [5.74, 6) is -1.61. The van der Waals surface area contributed by atoms with Gasteiger partial charge in [-0.05, 0) is 23.8 Å². The van der Waals surface area contributed by atoms with Crippen molar-refractivity contribution in [2.45, 2.75) is 6.54 Å². The highest BCUT2D eigenvalue weighted by Crippen LogP contribution is 2.12. The van der Waals surface area contributed by atoms with Crippen molar-refractivity contribution in [3.05, 3.63) is 70.2 Å². The van der Waals surface area contributed by atoms with Crippen molar-refractivity contribution in [2.75, 3.05) is 0 Å². The van der Waals surface area contributed by atoms with Crippen LogP contribution in [0.15, 0.2) is 47.5 Å². The van der Waals surface area contributed by atoms with Gasteiger partial charge >= 0.3 is 11.7 Å². The summed E-state index contributed by atoms with van der Waals surface area (Å²) in [6.07, 6.45) is 5.12. The van der Waals surface area contributed by atoms with Gasteiger partial charge in [0.05, 0.1) is 6.54 Å². The maximum absolute atomic E-state index is 13.9. The van der Waals surface area contributed by atoms with Gasteiger partial charge in [0, 0.05) is 24.0 Å². The molecule has 0 aliphatic rings. The molecule has 0 atom stereocenters. The summed E-state index contributed by atoms with van der Waals surface area (Å²) in [5.41, 5.74) is 0.307. The van der Waals surface area contributed by atoms with Gasteiger partial charge in [-0.3, -0.25) is 4.57 Å². The lowest BCUT2D eigenvalue weighted by atomic mass is 10.1. The molecule has 6 heteroatoms. The van der Waals surface area contributed by atoms with Gasteiger partial charge < -0.3 is 5.11 Å². The van der Waals surface area contributed by atoms with Gasteiger partial charge in [-0.25, -0.2) is 19.0 Å². The number of rotatable bonds is 4. The average molecular weight is 274 g/mol. The first-order valence-corrected chi connectivity index (χ1v) is 5.77. The third-order valence-electron chi connectivity index (χ3n) is 2.62. The summed E-state index contributed by atoms with van der Waals surface area (Å²) in [6, 6.07) is 5.90. The maximum atomic E-state index is 13.9. The second-order valence-corrected chi connectivity index (χ2v) is 4.05. The van der Waals surface area contributed by atoms with Crippen LogP contribution in [0.3, 0.4) is 0 Å². The molecule has 0 saturated heterocycles. The lowest BCUT2D eigenvalue weighted by molar-refractivity contribution is -0.131. The standard InChI is InChI=1S/C14H11FN2O3/c15-12-8-10(3-5-13(18)19)2-4-11(12)9-17-7-1-6-16-14(17)20/h1-8H,9H2,(H,18,19). The van der Waals surface area contributed by atoms with Gasteiger partial charge in [0.15, 0.2) is 0 Å². The molecule has 2 rings (SSSR count). The zero-order valence-electron chi connectivity index (χ0n) is 10.4. The van der Waals surface area contributed by atoms with E-state index < -0.39 is 17.5 Å². The monoisotopic (exact) mass is 274 g/mol. The smallest absolute Gasteiger partial charge is 0.347 e. The largest absolute Gasteiger partial charge is 0.478 e. The number of carboxylic acids is 1. The normalized spacial score (nSPS) is 10.8. The van der Waals surface area contributed by atoms with Crippen LogP contribution in [0, 0.1) is 5.82 Å². The minimum absolute atomic E-state index is 0.0709. The molecule has 0 saturated carbocycles. The van der Waals surface area contributed by atoms with Crippen molar-refractivity contribution in [3.8, 4) is 0 Å². The summed E-state index contributed by atoms with van der Waals surface area (Å²) in [6.45, 7) is 0.0709. The molecule has 0 unspecified atom stereocenters. The van der Waals surface area contributed by atoms with Crippen molar-refractivity contribution in [2.24, 2.45) is 0 Å². The summed E-state index contributed by atoms with van der Waals surface area (Å²) < 4.78 is 15.2. The van der Waals surface area contributed by atoms with Crippen molar-refractivity contribution < 1.29 is 14.3 Å². The van der Waals surface area contributed by atoms with Crippen molar-refractivity contribution in [3.63, 3.8) is 0 Å². The Morgan fingerprint density at radius 1 is 1.45 bits per heavy atom. The molecule has 0 fully saturated rings. The molecule has 1 N–H and O–H groups in total. The number of carbonyl (C=O) groups is 1. The van der Waals surface area contributed by atoms with E-state index in [0.717, 1.165) is 6.08 Å². The number of halogens is 1. The fourth-order valence-electron chi connectivity index (χ4n) is 1.65. The molecule has 0 bridgehead atoms. The van der Waals surface area contributed by atoms with Gasteiger partial charge in [0.1, 0.15) is 5.82 Å². The summed E-state index contributed by atoms with van der Waals surface area (Å²) in [5, 5.41) is 8.50. The number of aliphatic carboxylic acids is 1. The van der Waals surface area contributed by atoms with E-state index in [9.17, 15) is 14.0 Å². The Balaban J connectivity index is 2.24. The fraction of sp³-hybridized carbons (Fsp3) is 0.0714. The van der Waals surface area contributed by atoms with Crippen LogP contribution in [-0.4, -0.2) is 20.6 Å². The van der Waals surface area contributed by atoms with Crippen LogP contribution >= 0.6 is 0 Å². The van der Waals surface area contributed by atoms with Crippen molar-refractivity contribution in [1.29, 1.82) is 0 Å². The summed E-state index contributed by atoms with van der Waals surface area (Å²) >= 11 is 0. The average Bonchev–Trinajstić information content (AvgIpc) is 2.41. The van der Waals surface area contributed by atoms with E-state index >= 15 is 0 Å². The number of nitrogens with zero attached hydrogens (tertiary/aromatic N) is 2. The highest BCUT2D eigenvalue weighted by Gasteiger charge is 2.05. The Labute approximate surface area is 113 Å². The van der Waals surface area contributed by atoms with Crippen LogP contribution in [0.1, 0.15) is 11.1 Å². The molecule has 0 aliphatic carbocycles. The predicted molar refractivity (Wildman–Crippen MR) is 70.7 cm³/mol. The Hall–Kier alpha value is -2.76. The van der Waals surface area contributed by atoms with Crippen LogP contribution in [-0.2, 0) is 11.3 Å². The molecule has 1 aromatic carbocycles. The number of benzene rings is 1. The van der Waals surface area contributed by atoms with Crippen LogP contribution in [0.5, 0.6) is 0 Å². The second-order valence-electron chi connectivity index (χ2n) is 4.05. The quantitative estimate of drug-likeness (QED) is 0.858. The highest BCUT2D eigenvalue weighted by molar-refractivity contribution is 5.85. The van der Waals surface area contributed by atoms with Gasteiger partial charge in [-0.2, -0.15) is 0 Å². The Morgan fingerprint density at radius 3 is 2.90 bits per heavy atom. The van der Waals surface area contributed by atoms with Crippen molar-refractivity contribution in [1.82, 2.24) is 9.55 Å². The zero-order chi connectivity index (χ0) is 14.5. The second kappa shape index (κ2) is 5.92. The molecule has 2 aromatic rings. The van der Waals surface area contributed by atoms with Crippen LogP contribution < -0.4 is 5.69 Å². The van der Waals surface area contributed by atoms with Gasteiger partial charge in [-0.1, -0.05) is 12.1 Å². The number of carboxylic acid groups (broad SMARTS) is 1.